The third-order valence-corrected chi connectivity index (χ3v) is 5.90. The topological polar surface area (TPSA) is 23.6 Å². The first-order chi connectivity index (χ1) is 12.8. The van der Waals surface area contributed by atoms with E-state index in [0.29, 0.717) is 11.8 Å². The van der Waals surface area contributed by atoms with Crippen molar-refractivity contribution in [1.82, 2.24) is 9.80 Å². The number of nitrogens with zero attached hydrogens (tertiary/aromatic N) is 2. The second-order valence-electron chi connectivity index (χ2n) is 9.21. The van der Waals surface area contributed by atoms with Gasteiger partial charge in [-0.15, -0.1) is 0 Å². The zero-order valence-corrected chi connectivity index (χ0v) is 18.3. The van der Waals surface area contributed by atoms with Gasteiger partial charge < -0.3 is 9.80 Å². The molecule has 1 amide bonds. The fourth-order valence-electron chi connectivity index (χ4n) is 3.92. The fourth-order valence-corrected chi connectivity index (χ4v) is 3.92. The Balaban J connectivity index is 1.75. The Kier molecular flexibility index (Phi) is 8.34. The van der Waals surface area contributed by atoms with Gasteiger partial charge in [-0.05, 0) is 61.2 Å². The zero-order chi connectivity index (χ0) is 19.9. The van der Waals surface area contributed by atoms with E-state index in [1.165, 1.54) is 24.0 Å². The molecule has 1 aromatic carbocycles. The van der Waals surface area contributed by atoms with Gasteiger partial charge in [-0.3, -0.25) is 4.79 Å². The SMILES string of the molecule is CCN(CCCCN1CCCCC1=O)CC(C)c1ccc(C(C)(C)C)cc1. The van der Waals surface area contributed by atoms with Crippen LogP contribution in [-0.2, 0) is 10.2 Å². The van der Waals surface area contributed by atoms with Gasteiger partial charge in [0.15, 0.2) is 0 Å². The summed E-state index contributed by atoms with van der Waals surface area (Å²) in [6.45, 7) is 16.6. The van der Waals surface area contributed by atoms with Crippen LogP contribution in [0.4, 0.5) is 0 Å². The minimum Gasteiger partial charge on any atom is -0.343 e. The summed E-state index contributed by atoms with van der Waals surface area (Å²) in [5.74, 6) is 0.906. The minimum absolute atomic E-state index is 0.215. The van der Waals surface area contributed by atoms with E-state index in [-0.39, 0.29) is 5.41 Å². The van der Waals surface area contributed by atoms with Crippen molar-refractivity contribution in [2.24, 2.45) is 0 Å². The van der Waals surface area contributed by atoms with Crippen molar-refractivity contribution in [2.75, 3.05) is 32.7 Å². The van der Waals surface area contributed by atoms with Crippen molar-refractivity contribution in [3.63, 3.8) is 0 Å². The van der Waals surface area contributed by atoms with Crippen molar-refractivity contribution >= 4 is 5.91 Å². The molecule has 0 bridgehead atoms. The molecule has 1 aliphatic rings. The van der Waals surface area contributed by atoms with E-state index >= 15 is 0 Å². The Bertz CT molecular complexity index is 573. The normalized spacial score (nSPS) is 16.8. The number of unbranched alkanes of at least 4 members (excludes halogenated alkanes) is 1. The van der Waals surface area contributed by atoms with Crippen molar-refractivity contribution in [1.29, 1.82) is 0 Å². The van der Waals surface area contributed by atoms with Crippen LogP contribution < -0.4 is 0 Å². The molecule has 0 saturated carbocycles. The Morgan fingerprint density at radius 2 is 1.81 bits per heavy atom. The molecule has 3 heteroatoms. The molecule has 1 unspecified atom stereocenters. The molecular formula is C24H40N2O. The molecule has 0 radical (unpaired) electrons. The Morgan fingerprint density at radius 3 is 2.41 bits per heavy atom. The molecule has 1 aromatic rings. The predicted octanol–water partition coefficient (Wildman–Crippen LogP) is 5.20. The summed E-state index contributed by atoms with van der Waals surface area (Å²) < 4.78 is 0. The molecule has 0 N–H and O–H groups in total. The van der Waals surface area contributed by atoms with E-state index in [2.05, 4.69) is 68.7 Å². The molecule has 1 aliphatic heterocycles. The first kappa shape index (κ1) is 21.9. The summed E-state index contributed by atoms with van der Waals surface area (Å²) in [4.78, 5) is 16.5. The van der Waals surface area contributed by atoms with E-state index in [9.17, 15) is 4.79 Å². The summed E-state index contributed by atoms with van der Waals surface area (Å²) in [5.41, 5.74) is 3.05. The van der Waals surface area contributed by atoms with Gasteiger partial charge in [-0.25, -0.2) is 0 Å². The molecule has 0 aromatic heterocycles. The largest absolute Gasteiger partial charge is 0.343 e. The Hall–Kier alpha value is -1.35. The summed E-state index contributed by atoms with van der Waals surface area (Å²) in [5, 5.41) is 0. The van der Waals surface area contributed by atoms with E-state index < -0.39 is 0 Å². The summed E-state index contributed by atoms with van der Waals surface area (Å²) in [6, 6.07) is 9.19. The van der Waals surface area contributed by atoms with Crippen LogP contribution in [0.25, 0.3) is 0 Å². The lowest BCUT2D eigenvalue weighted by Crippen LogP contribution is -2.36. The van der Waals surface area contributed by atoms with E-state index in [4.69, 9.17) is 0 Å². The molecule has 152 valence electrons. The second kappa shape index (κ2) is 10.3. The molecule has 1 heterocycles. The van der Waals surface area contributed by atoms with Crippen LogP contribution in [0, 0.1) is 0 Å². The first-order valence-corrected chi connectivity index (χ1v) is 10.9. The molecule has 2 rings (SSSR count). The van der Waals surface area contributed by atoms with Gasteiger partial charge in [-0.2, -0.15) is 0 Å². The molecule has 0 spiro atoms. The third kappa shape index (κ3) is 6.95. The minimum atomic E-state index is 0.215. The highest BCUT2D eigenvalue weighted by Crippen LogP contribution is 2.25. The number of likely N-dealkylation sites (tertiary alicyclic amines) is 1. The standard InChI is InChI=1S/C24H40N2O/c1-6-25(16-9-10-18-26-17-8-7-11-23(26)27)19-20(2)21-12-14-22(15-13-21)24(3,4)5/h12-15,20H,6-11,16-19H2,1-5H3. The number of benzene rings is 1. The molecule has 1 fully saturated rings. The number of likely N-dealkylation sites (N-methyl/N-ethyl adjacent to an activating group) is 1. The quantitative estimate of drug-likeness (QED) is 0.556. The molecular weight excluding hydrogens is 332 g/mol. The van der Waals surface area contributed by atoms with E-state index in [1.807, 2.05) is 0 Å². The number of hydrogen-bond donors (Lipinski definition) is 0. The van der Waals surface area contributed by atoms with Crippen molar-refractivity contribution in [2.45, 2.75) is 78.1 Å². The van der Waals surface area contributed by atoms with Crippen molar-refractivity contribution < 1.29 is 4.79 Å². The number of hydrogen-bond acceptors (Lipinski definition) is 2. The van der Waals surface area contributed by atoms with Crippen LogP contribution in [0.15, 0.2) is 24.3 Å². The maximum Gasteiger partial charge on any atom is 0.222 e. The molecule has 27 heavy (non-hydrogen) atoms. The number of piperidine rings is 1. The highest BCUT2D eigenvalue weighted by Gasteiger charge is 2.18. The summed E-state index contributed by atoms with van der Waals surface area (Å²) >= 11 is 0. The fraction of sp³-hybridized carbons (Fsp3) is 0.708. The first-order valence-electron chi connectivity index (χ1n) is 10.9. The summed E-state index contributed by atoms with van der Waals surface area (Å²) in [6.07, 6.45) is 5.31. The smallest absolute Gasteiger partial charge is 0.222 e. The predicted molar refractivity (Wildman–Crippen MR) is 115 cm³/mol. The van der Waals surface area contributed by atoms with E-state index in [1.54, 1.807) is 0 Å². The average Bonchev–Trinajstić information content (AvgIpc) is 2.64. The number of rotatable bonds is 9. The molecule has 0 aliphatic carbocycles. The van der Waals surface area contributed by atoms with Gasteiger partial charge in [-0.1, -0.05) is 58.9 Å². The molecule has 1 atom stereocenters. The number of carbonyl (C=O) groups is 1. The van der Waals surface area contributed by atoms with Crippen LogP contribution in [0.1, 0.15) is 83.8 Å². The monoisotopic (exact) mass is 372 g/mol. The highest BCUT2D eigenvalue weighted by atomic mass is 16.2. The number of amides is 1. The van der Waals surface area contributed by atoms with Crippen LogP contribution in [0.5, 0.6) is 0 Å². The Morgan fingerprint density at radius 1 is 1.11 bits per heavy atom. The lowest BCUT2D eigenvalue weighted by Gasteiger charge is -2.28. The van der Waals surface area contributed by atoms with Crippen LogP contribution in [-0.4, -0.2) is 48.4 Å². The third-order valence-electron chi connectivity index (χ3n) is 5.90. The highest BCUT2D eigenvalue weighted by molar-refractivity contribution is 5.76. The van der Waals surface area contributed by atoms with Gasteiger partial charge in [0.05, 0.1) is 0 Å². The maximum atomic E-state index is 11.9. The molecule has 1 saturated heterocycles. The lowest BCUT2D eigenvalue weighted by molar-refractivity contribution is -0.133. The van der Waals surface area contributed by atoms with Crippen molar-refractivity contribution in [3.05, 3.63) is 35.4 Å². The molecule has 3 nitrogen and oxygen atoms in total. The van der Waals surface area contributed by atoms with Crippen LogP contribution in [0.2, 0.25) is 0 Å². The van der Waals surface area contributed by atoms with E-state index in [0.717, 1.165) is 52.0 Å². The lowest BCUT2D eigenvalue weighted by atomic mass is 9.85. The summed E-state index contributed by atoms with van der Waals surface area (Å²) in [7, 11) is 0. The van der Waals surface area contributed by atoms with Gasteiger partial charge in [0.1, 0.15) is 0 Å². The maximum absolute atomic E-state index is 11.9. The number of carbonyl (C=O) groups excluding carboxylic acids is 1. The van der Waals surface area contributed by atoms with Gasteiger partial charge in [0, 0.05) is 26.1 Å². The van der Waals surface area contributed by atoms with Gasteiger partial charge in [0.25, 0.3) is 0 Å². The van der Waals surface area contributed by atoms with Crippen LogP contribution in [0.3, 0.4) is 0 Å². The Labute approximate surface area is 167 Å². The average molecular weight is 373 g/mol. The van der Waals surface area contributed by atoms with Gasteiger partial charge in [0.2, 0.25) is 5.91 Å². The zero-order valence-electron chi connectivity index (χ0n) is 18.3. The van der Waals surface area contributed by atoms with Gasteiger partial charge >= 0.3 is 0 Å². The van der Waals surface area contributed by atoms with Crippen molar-refractivity contribution in [3.8, 4) is 0 Å². The van der Waals surface area contributed by atoms with Crippen LogP contribution >= 0.6 is 0 Å². The second-order valence-corrected chi connectivity index (χ2v) is 9.21.